The Kier molecular flexibility index (Phi) is 6.31. The minimum Gasteiger partial charge on any atom is -0.387 e. The molecule has 0 aliphatic rings. The van der Waals surface area contributed by atoms with Gasteiger partial charge < -0.3 is 15.7 Å². The van der Waals surface area contributed by atoms with Gasteiger partial charge in [-0.1, -0.05) is 29.8 Å². The van der Waals surface area contributed by atoms with E-state index in [4.69, 9.17) is 0 Å². The van der Waals surface area contributed by atoms with Crippen molar-refractivity contribution in [2.24, 2.45) is 0 Å². The van der Waals surface area contributed by atoms with Crippen molar-refractivity contribution in [1.29, 1.82) is 0 Å². The predicted octanol–water partition coefficient (Wildman–Crippen LogP) is 2.60. The lowest BCUT2D eigenvalue weighted by Crippen LogP contribution is -2.30. The van der Waals surface area contributed by atoms with Gasteiger partial charge in [0.15, 0.2) is 0 Å². The first-order valence-electron chi connectivity index (χ1n) is 8.30. The van der Waals surface area contributed by atoms with E-state index in [0.717, 1.165) is 11.1 Å². The van der Waals surface area contributed by atoms with Crippen LogP contribution in [0.2, 0.25) is 0 Å². The molecule has 2 rings (SSSR count). The lowest BCUT2D eigenvalue weighted by Gasteiger charge is -2.13. The summed E-state index contributed by atoms with van der Waals surface area (Å²) in [6.45, 7) is 5.87. The van der Waals surface area contributed by atoms with Gasteiger partial charge in [0.05, 0.1) is 6.10 Å². The van der Waals surface area contributed by atoms with Crippen LogP contribution in [0.15, 0.2) is 48.5 Å². The van der Waals surface area contributed by atoms with Gasteiger partial charge in [0.25, 0.3) is 11.8 Å². The number of aryl methyl sites for hydroxylation is 1. The average molecular weight is 340 g/mol. The highest BCUT2D eigenvalue weighted by atomic mass is 16.3. The van der Waals surface area contributed by atoms with Crippen LogP contribution in [-0.2, 0) is 0 Å². The Morgan fingerprint density at radius 2 is 1.44 bits per heavy atom. The Morgan fingerprint density at radius 1 is 0.920 bits per heavy atom. The highest BCUT2D eigenvalue weighted by Crippen LogP contribution is 2.13. The number of hydrogen-bond acceptors (Lipinski definition) is 3. The smallest absolute Gasteiger partial charge is 0.251 e. The van der Waals surface area contributed by atoms with Crippen molar-refractivity contribution in [1.82, 2.24) is 10.6 Å². The summed E-state index contributed by atoms with van der Waals surface area (Å²) in [6, 6.07) is 14.0. The first-order chi connectivity index (χ1) is 11.9. The number of carbonyl (C=O) groups excluding carboxylic acids is 2. The molecular weight excluding hydrogens is 316 g/mol. The molecule has 1 unspecified atom stereocenters. The van der Waals surface area contributed by atoms with Crippen LogP contribution in [0.25, 0.3) is 0 Å². The molecule has 0 saturated heterocycles. The molecule has 0 bridgehead atoms. The second kappa shape index (κ2) is 8.44. The Labute approximate surface area is 148 Å². The van der Waals surface area contributed by atoms with Crippen LogP contribution in [0.3, 0.4) is 0 Å². The summed E-state index contributed by atoms with van der Waals surface area (Å²) < 4.78 is 0. The second-order valence-corrected chi connectivity index (χ2v) is 6.34. The topological polar surface area (TPSA) is 78.4 Å². The molecule has 132 valence electrons. The molecule has 0 saturated carbocycles. The zero-order valence-corrected chi connectivity index (χ0v) is 14.7. The van der Waals surface area contributed by atoms with E-state index in [9.17, 15) is 14.7 Å². The molecular formula is C20H24N2O3. The van der Waals surface area contributed by atoms with Crippen molar-refractivity contribution in [3.05, 3.63) is 70.8 Å². The van der Waals surface area contributed by atoms with Gasteiger partial charge in [-0.05, 0) is 50.6 Å². The third-order valence-electron chi connectivity index (χ3n) is 3.75. The predicted molar refractivity (Wildman–Crippen MR) is 97.5 cm³/mol. The molecule has 25 heavy (non-hydrogen) atoms. The van der Waals surface area contributed by atoms with Crippen molar-refractivity contribution < 1.29 is 14.7 Å². The third-order valence-corrected chi connectivity index (χ3v) is 3.75. The van der Waals surface area contributed by atoms with E-state index in [1.165, 1.54) is 0 Å². The maximum Gasteiger partial charge on any atom is 0.251 e. The van der Waals surface area contributed by atoms with Crippen LogP contribution in [0, 0.1) is 6.92 Å². The van der Waals surface area contributed by atoms with E-state index >= 15 is 0 Å². The Balaban J connectivity index is 1.92. The molecule has 1 atom stereocenters. The summed E-state index contributed by atoms with van der Waals surface area (Å²) in [5.74, 6) is -0.460. The number of rotatable bonds is 6. The van der Waals surface area contributed by atoms with Gasteiger partial charge in [-0.3, -0.25) is 9.59 Å². The molecule has 0 aliphatic heterocycles. The molecule has 0 aliphatic carbocycles. The highest BCUT2D eigenvalue weighted by Gasteiger charge is 2.12. The van der Waals surface area contributed by atoms with E-state index in [1.807, 2.05) is 45.0 Å². The first kappa shape index (κ1) is 18.7. The number of aliphatic hydroxyl groups excluding tert-OH is 1. The number of aliphatic hydroxyl groups is 1. The molecule has 5 heteroatoms. The van der Waals surface area contributed by atoms with Gasteiger partial charge in [0.1, 0.15) is 0 Å². The fraction of sp³-hybridized carbons (Fsp3) is 0.300. The zero-order chi connectivity index (χ0) is 18.4. The summed E-state index contributed by atoms with van der Waals surface area (Å²) >= 11 is 0. The number of benzene rings is 2. The second-order valence-electron chi connectivity index (χ2n) is 6.34. The minimum absolute atomic E-state index is 0.0544. The van der Waals surface area contributed by atoms with E-state index in [-0.39, 0.29) is 24.4 Å². The number of carbonyl (C=O) groups is 2. The van der Waals surface area contributed by atoms with Gasteiger partial charge in [-0.25, -0.2) is 0 Å². The Morgan fingerprint density at radius 3 is 1.96 bits per heavy atom. The SMILES string of the molecule is Cc1ccc(C(O)CNC(=O)c2ccc(C(=O)NC(C)C)cc2)cc1. The largest absolute Gasteiger partial charge is 0.387 e. The fourth-order valence-electron chi connectivity index (χ4n) is 2.32. The van der Waals surface area contributed by atoms with Crippen LogP contribution < -0.4 is 10.6 Å². The lowest BCUT2D eigenvalue weighted by molar-refractivity contribution is 0.0912. The third kappa shape index (κ3) is 5.43. The van der Waals surface area contributed by atoms with Crippen LogP contribution in [-0.4, -0.2) is 29.5 Å². The van der Waals surface area contributed by atoms with Gasteiger partial charge >= 0.3 is 0 Å². The molecule has 3 N–H and O–H groups in total. The van der Waals surface area contributed by atoms with Crippen LogP contribution in [0.4, 0.5) is 0 Å². The summed E-state index contributed by atoms with van der Waals surface area (Å²) in [7, 11) is 0. The monoisotopic (exact) mass is 340 g/mol. The zero-order valence-electron chi connectivity index (χ0n) is 14.7. The first-order valence-corrected chi connectivity index (χ1v) is 8.30. The summed E-state index contributed by atoms with van der Waals surface area (Å²) in [5, 5.41) is 15.6. The van der Waals surface area contributed by atoms with E-state index < -0.39 is 6.10 Å². The fourth-order valence-corrected chi connectivity index (χ4v) is 2.32. The summed E-state index contributed by atoms with van der Waals surface area (Å²) in [4.78, 5) is 24.1. The number of nitrogens with one attached hydrogen (secondary N) is 2. The van der Waals surface area contributed by atoms with E-state index in [2.05, 4.69) is 10.6 Å². The molecule has 0 heterocycles. The molecule has 5 nitrogen and oxygen atoms in total. The quantitative estimate of drug-likeness (QED) is 0.756. The molecule has 0 spiro atoms. The molecule has 2 aromatic carbocycles. The number of amides is 2. The van der Waals surface area contributed by atoms with Crippen LogP contribution in [0.1, 0.15) is 51.8 Å². The standard InChI is InChI=1S/C20H24N2O3/c1-13(2)22-20(25)17-10-8-16(9-11-17)19(24)21-12-18(23)15-6-4-14(3)5-7-15/h4-11,13,18,23H,12H2,1-3H3,(H,21,24)(H,22,25). The Hall–Kier alpha value is -2.66. The van der Waals surface area contributed by atoms with Crippen LogP contribution >= 0.6 is 0 Å². The normalized spacial score (nSPS) is 11.9. The average Bonchev–Trinajstić information content (AvgIpc) is 2.59. The van der Waals surface area contributed by atoms with E-state index in [1.54, 1.807) is 24.3 Å². The number of hydrogen-bond donors (Lipinski definition) is 3. The van der Waals surface area contributed by atoms with Crippen molar-refractivity contribution >= 4 is 11.8 Å². The van der Waals surface area contributed by atoms with Gasteiger partial charge in [0.2, 0.25) is 0 Å². The molecule has 0 radical (unpaired) electrons. The molecule has 0 aromatic heterocycles. The molecule has 2 amide bonds. The van der Waals surface area contributed by atoms with Crippen LogP contribution in [0.5, 0.6) is 0 Å². The van der Waals surface area contributed by atoms with Crippen molar-refractivity contribution in [3.63, 3.8) is 0 Å². The van der Waals surface area contributed by atoms with Gasteiger partial charge in [-0.15, -0.1) is 0 Å². The summed E-state index contributed by atoms with van der Waals surface area (Å²) in [5.41, 5.74) is 2.82. The van der Waals surface area contributed by atoms with Crippen molar-refractivity contribution in [2.75, 3.05) is 6.54 Å². The van der Waals surface area contributed by atoms with Crippen molar-refractivity contribution in [2.45, 2.75) is 32.9 Å². The molecule has 2 aromatic rings. The maximum atomic E-state index is 12.2. The Bertz CT molecular complexity index is 722. The molecule has 0 fully saturated rings. The van der Waals surface area contributed by atoms with Gasteiger partial charge in [-0.2, -0.15) is 0 Å². The highest BCUT2D eigenvalue weighted by molar-refractivity contribution is 5.97. The van der Waals surface area contributed by atoms with E-state index in [0.29, 0.717) is 11.1 Å². The maximum absolute atomic E-state index is 12.2. The van der Waals surface area contributed by atoms with Gasteiger partial charge in [0, 0.05) is 23.7 Å². The van der Waals surface area contributed by atoms with Crippen molar-refractivity contribution in [3.8, 4) is 0 Å². The minimum atomic E-state index is -0.763. The summed E-state index contributed by atoms with van der Waals surface area (Å²) in [6.07, 6.45) is -0.763. The lowest BCUT2D eigenvalue weighted by atomic mass is 10.1.